The highest BCUT2D eigenvalue weighted by atomic mass is 35.5. The number of carbonyl (C=O) groups is 1. The highest BCUT2D eigenvalue weighted by Gasteiger charge is 2.25. The standard InChI is InChI=1S/C14H15ClN4O3S/c15-10-3-1-9(2-4-10)11-7-19(5-6-22-11)12(20)8-23-14-16-13(21)17-18-14/h1-4,11H,5-8H2,(H2,16,17,18,21). The van der Waals surface area contributed by atoms with Crippen molar-refractivity contribution < 1.29 is 9.53 Å². The van der Waals surface area contributed by atoms with E-state index in [9.17, 15) is 9.59 Å². The molecule has 1 aliphatic rings. The average molecular weight is 355 g/mol. The molecule has 1 unspecified atom stereocenters. The Hall–Kier alpha value is -1.77. The Morgan fingerprint density at radius 2 is 2.22 bits per heavy atom. The molecule has 0 saturated carbocycles. The Labute approximate surface area is 141 Å². The predicted molar refractivity (Wildman–Crippen MR) is 86.7 cm³/mol. The number of thioether (sulfide) groups is 1. The first-order chi connectivity index (χ1) is 11.1. The molecule has 1 fully saturated rings. The van der Waals surface area contributed by atoms with Gasteiger partial charge in [0.15, 0.2) is 5.16 Å². The van der Waals surface area contributed by atoms with Gasteiger partial charge in [-0.2, -0.15) is 0 Å². The summed E-state index contributed by atoms with van der Waals surface area (Å²) in [5.74, 6) is 0.204. The van der Waals surface area contributed by atoms with Gasteiger partial charge >= 0.3 is 5.69 Å². The van der Waals surface area contributed by atoms with Crippen molar-refractivity contribution in [1.29, 1.82) is 0 Å². The van der Waals surface area contributed by atoms with Crippen molar-refractivity contribution in [1.82, 2.24) is 20.1 Å². The molecule has 3 rings (SSSR count). The van der Waals surface area contributed by atoms with E-state index in [1.165, 1.54) is 11.8 Å². The van der Waals surface area contributed by atoms with E-state index < -0.39 is 0 Å². The molecular weight excluding hydrogens is 340 g/mol. The van der Waals surface area contributed by atoms with Crippen LogP contribution in [0.1, 0.15) is 11.7 Å². The second-order valence-corrected chi connectivity index (χ2v) is 6.42. The van der Waals surface area contributed by atoms with Gasteiger partial charge in [0.25, 0.3) is 0 Å². The zero-order chi connectivity index (χ0) is 16.2. The summed E-state index contributed by atoms with van der Waals surface area (Å²) in [4.78, 5) is 27.5. The molecule has 1 aliphatic heterocycles. The van der Waals surface area contributed by atoms with Gasteiger partial charge in [0.1, 0.15) is 6.10 Å². The van der Waals surface area contributed by atoms with Crippen LogP contribution in [-0.4, -0.2) is 51.4 Å². The summed E-state index contributed by atoms with van der Waals surface area (Å²) < 4.78 is 5.74. The van der Waals surface area contributed by atoms with E-state index in [1.54, 1.807) is 4.90 Å². The van der Waals surface area contributed by atoms with Gasteiger partial charge in [0.2, 0.25) is 5.91 Å². The van der Waals surface area contributed by atoms with Crippen LogP contribution >= 0.6 is 23.4 Å². The lowest BCUT2D eigenvalue weighted by molar-refractivity contribution is -0.136. The van der Waals surface area contributed by atoms with Crippen LogP contribution in [0.5, 0.6) is 0 Å². The molecule has 9 heteroatoms. The smallest absolute Gasteiger partial charge is 0.341 e. The van der Waals surface area contributed by atoms with Gasteiger partial charge in [0.05, 0.1) is 18.9 Å². The molecular formula is C14H15ClN4O3S. The number of amides is 1. The number of nitrogens with one attached hydrogen (secondary N) is 2. The third-order valence-electron chi connectivity index (χ3n) is 3.47. The molecule has 1 aromatic heterocycles. The number of H-pyrrole nitrogens is 2. The number of hydrogen-bond acceptors (Lipinski definition) is 5. The van der Waals surface area contributed by atoms with Crippen LogP contribution in [0.15, 0.2) is 34.2 Å². The first-order valence-corrected chi connectivity index (χ1v) is 8.40. The SMILES string of the molecule is O=C(CSc1n[nH]c(=O)[nH]1)N1CCOC(c2ccc(Cl)cc2)C1. The van der Waals surface area contributed by atoms with Crippen molar-refractivity contribution in [3.05, 3.63) is 45.3 Å². The van der Waals surface area contributed by atoms with Crippen molar-refractivity contribution in [3.8, 4) is 0 Å². The van der Waals surface area contributed by atoms with Gasteiger partial charge in [-0.25, -0.2) is 9.89 Å². The number of benzene rings is 1. The molecule has 2 heterocycles. The second kappa shape index (κ2) is 7.20. The van der Waals surface area contributed by atoms with Crippen molar-refractivity contribution in [3.63, 3.8) is 0 Å². The molecule has 0 radical (unpaired) electrons. The number of aromatic amines is 2. The number of aromatic nitrogens is 3. The third-order valence-corrected chi connectivity index (χ3v) is 4.58. The first kappa shape index (κ1) is 16.1. The van der Waals surface area contributed by atoms with Crippen molar-refractivity contribution >= 4 is 29.3 Å². The molecule has 0 spiro atoms. The summed E-state index contributed by atoms with van der Waals surface area (Å²) in [7, 11) is 0. The normalized spacial score (nSPS) is 18.1. The van der Waals surface area contributed by atoms with Gasteiger partial charge < -0.3 is 9.64 Å². The highest BCUT2D eigenvalue weighted by Crippen LogP contribution is 2.24. The fraction of sp³-hybridized carbons (Fsp3) is 0.357. The van der Waals surface area contributed by atoms with Crippen LogP contribution in [0.4, 0.5) is 0 Å². The van der Waals surface area contributed by atoms with Crippen molar-refractivity contribution in [2.24, 2.45) is 0 Å². The first-order valence-electron chi connectivity index (χ1n) is 7.04. The van der Waals surface area contributed by atoms with Crippen LogP contribution in [0, 0.1) is 0 Å². The minimum atomic E-state index is -0.380. The zero-order valence-corrected chi connectivity index (χ0v) is 13.7. The highest BCUT2D eigenvalue weighted by molar-refractivity contribution is 7.99. The fourth-order valence-electron chi connectivity index (χ4n) is 2.30. The number of ether oxygens (including phenoxy) is 1. The zero-order valence-electron chi connectivity index (χ0n) is 12.1. The quantitative estimate of drug-likeness (QED) is 0.811. The Kier molecular flexibility index (Phi) is 5.04. The van der Waals surface area contributed by atoms with E-state index in [1.807, 2.05) is 24.3 Å². The maximum absolute atomic E-state index is 12.3. The van der Waals surface area contributed by atoms with Crippen LogP contribution in [0.25, 0.3) is 0 Å². The molecule has 1 atom stereocenters. The average Bonchev–Trinajstić information content (AvgIpc) is 2.99. The summed E-state index contributed by atoms with van der Waals surface area (Å²) in [5.41, 5.74) is 0.616. The molecule has 2 aromatic rings. The molecule has 122 valence electrons. The molecule has 0 bridgehead atoms. The number of hydrogen-bond donors (Lipinski definition) is 2. The predicted octanol–water partition coefficient (Wildman–Crippen LogP) is 1.44. The van der Waals surface area contributed by atoms with Crippen LogP contribution in [0.3, 0.4) is 0 Å². The summed E-state index contributed by atoms with van der Waals surface area (Å²) in [5, 5.41) is 7.11. The van der Waals surface area contributed by atoms with Crippen LogP contribution in [-0.2, 0) is 9.53 Å². The number of carbonyl (C=O) groups excluding carboxylic acids is 1. The number of rotatable bonds is 4. The Bertz CT molecular complexity index is 730. The molecule has 7 nitrogen and oxygen atoms in total. The van der Waals surface area contributed by atoms with E-state index in [0.717, 1.165) is 5.56 Å². The van der Waals surface area contributed by atoms with Crippen LogP contribution in [0.2, 0.25) is 5.02 Å². The van der Waals surface area contributed by atoms with E-state index >= 15 is 0 Å². The van der Waals surface area contributed by atoms with Crippen molar-refractivity contribution in [2.45, 2.75) is 11.3 Å². The van der Waals surface area contributed by atoms with E-state index in [0.29, 0.717) is 29.9 Å². The summed E-state index contributed by atoms with van der Waals surface area (Å²) in [6.07, 6.45) is -0.153. The lowest BCUT2D eigenvalue weighted by atomic mass is 10.1. The van der Waals surface area contributed by atoms with Gasteiger partial charge in [-0.1, -0.05) is 35.5 Å². The van der Waals surface area contributed by atoms with Gasteiger partial charge in [-0.05, 0) is 17.7 Å². The van der Waals surface area contributed by atoms with Gasteiger partial charge in [-0.15, -0.1) is 5.10 Å². The number of morpholine rings is 1. The maximum Gasteiger partial charge on any atom is 0.341 e. The van der Waals surface area contributed by atoms with Crippen LogP contribution < -0.4 is 5.69 Å². The monoisotopic (exact) mass is 354 g/mol. The topological polar surface area (TPSA) is 91.1 Å². The Morgan fingerprint density at radius 3 is 2.91 bits per heavy atom. The molecule has 1 amide bonds. The number of halogens is 1. The summed E-state index contributed by atoms with van der Waals surface area (Å²) in [6.45, 7) is 1.54. The molecule has 23 heavy (non-hydrogen) atoms. The third kappa shape index (κ3) is 4.15. The maximum atomic E-state index is 12.3. The Morgan fingerprint density at radius 1 is 1.43 bits per heavy atom. The Balaban J connectivity index is 1.58. The van der Waals surface area contributed by atoms with Gasteiger partial charge in [0, 0.05) is 11.6 Å². The summed E-state index contributed by atoms with van der Waals surface area (Å²) >= 11 is 7.08. The molecule has 0 aliphatic carbocycles. The fourth-order valence-corrected chi connectivity index (χ4v) is 3.14. The van der Waals surface area contributed by atoms with E-state index in [-0.39, 0.29) is 23.5 Å². The minimum Gasteiger partial charge on any atom is -0.370 e. The van der Waals surface area contributed by atoms with E-state index in [4.69, 9.17) is 16.3 Å². The lowest BCUT2D eigenvalue weighted by Crippen LogP contribution is -2.43. The molecule has 1 aromatic carbocycles. The molecule has 1 saturated heterocycles. The van der Waals surface area contributed by atoms with Crippen molar-refractivity contribution in [2.75, 3.05) is 25.4 Å². The number of nitrogens with zero attached hydrogens (tertiary/aromatic N) is 2. The summed E-state index contributed by atoms with van der Waals surface area (Å²) in [6, 6.07) is 7.43. The lowest BCUT2D eigenvalue weighted by Gasteiger charge is -2.33. The van der Waals surface area contributed by atoms with Gasteiger partial charge in [-0.3, -0.25) is 9.78 Å². The minimum absolute atomic E-state index is 0.0129. The largest absolute Gasteiger partial charge is 0.370 e. The molecule has 2 N–H and O–H groups in total. The van der Waals surface area contributed by atoms with E-state index in [2.05, 4.69) is 15.2 Å². The second-order valence-electron chi connectivity index (χ2n) is 5.02.